The van der Waals surface area contributed by atoms with Gasteiger partial charge in [-0.3, -0.25) is 9.48 Å². The molecule has 31 heavy (non-hydrogen) atoms. The molecule has 9 nitrogen and oxygen atoms in total. The van der Waals surface area contributed by atoms with Gasteiger partial charge in [0.2, 0.25) is 0 Å². The van der Waals surface area contributed by atoms with E-state index in [1.807, 2.05) is 33.2 Å². The number of pyridine rings is 1. The highest BCUT2D eigenvalue weighted by molar-refractivity contribution is 6.02. The second kappa shape index (κ2) is 6.84. The zero-order valence-corrected chi connectivity index (χ0v) is 17.8. The van der Waals surface area contributed by atoms with Gasteiger partial charge in [0, 0.05) is 42.9 Å². The number of nitrogens with zero attached hydrogens (tertiary/aromatic N) is 6. The fraction of sp³-hybridized carbons (Fsp3) is 0.409. The molecular formula is C22H25N7O2. The van der Waals surface area contributed by atoms with Gasteiger partial charge < -0.3 is 15.3 Å². The Kier molecular flexibility index (Phi) is 4.33. The number of aryl methyl sites for hydroxylation is 1. The molecule has 2 N–H and O–H groups in total. The molecule has 1 amide bonds. The van der Waals surface area contributed by atoms with Crippen molar-refractivity contribution >= 4 is 17.5 Å². The van der Waals surface area contributed by atoms with E-state index in [1.165, 1.54) is 6.33 Å². The summed E-state index contributed by atoms with van der Waals surface area (Å²) in [6, 6.07) is 7.45. The predicted octanol–water partition coefficient (Wildman–Crippen LogP) is 2.26. The van der Waals surface area contributed by atoms with E-state index in [4.69, 9.17) is 0 Å². The van der Waals surface area contributed by atoms with Gasteiger partial charge in [-0.25, -0.2) is 15.0 Å². The third-order valence-electron chi connectivity index (χ3n) is 6.64. The molecule has 6 rings (SSSR count). The zero-order valence-electron chi connectivity index (χ0n) is 17.8. The summed E-state index contributed by atoms with van der Waals surface area (Å²) in [5.41, 5.74) is 0.995. The van der Waals surface area contributed by atoms with E-state index in [2.05, 4.69) is 30.3 Å². The standard InChI is InChI=1S/C22H25N7O2/c1-21(2,31)22-8-15(9-22)29(12-22)19-7-18(23-13-24-19)27-20(30)17-6-4-5-16(26-17)14-10-25-28(3)11-14/h4-7,10-11,13,15,31H,8-9,12H2,1-3H3,(H,23,24,27,30). The topological polar surface area (TPSA) is 109 Å². The van der Waals surface area contributed by atoms with Crippen LogP contribution < -0.4 is 10.2 Å². The first kappa shape index (κ1) is 19.6. The Morgan fingerprint density at radius 2 is 2.10 bits per heavy atom. The molecule has 0 aromatic carbocycles. The fourth-order valence-corrected chi connectivity index (χ4v) is 4.64. The van der Waals surface area contributed by atoms with Crippen LogP contribution in [0, 0.1) is 5.41 Å². The molecule has 3 aromatic rings. The Labute approximate surface area is 180 Å². The van der Waals surface area contributed by atoms with Crippen molar-refractivity contribution in [1.82, 2.24) is 24.7 Å². The minimum Gasteiger partial charge on any atom is -0.390 e. The van der Waals surface area contributed by atoms with E-state index in [9.17, 15) is 9.90 Å². The molecule has 0 atom stereocenters. The van der Waals surface area contributed by atoms with Crippen LogP contribution in [-0.4, -0.2) is 53.9 Å². The number of carbonyl (C=O) groups excluding carboxylic acids is 1. The van der Waals surface area contributed by atoms with Gasteiger partial charge in [-0.05, 0) is 38.8 Å². The van der Waals surface area contributed by atoms with Gasteiger partial charge in [-0.15, -0.1) is 0 Å². The Hall–Kier alpha value is -3.33. The lowest BCUT2D eigenvalue weighted by molar-refractivity contribution is -0.0754. The summed E-state index contributed by atoms with van der Waals surface area (Å²) >= 11 is 0. The van der Waals surface area contributed by atoms with Crippen molar-refractivity contribution in [2.45, 2.75) is 38.3 Å². The summed E-state index contributed by atoms with van der Waals surface area (Å²) in [5.74, 6) is 0.843. The molecule has 0 unspecified atom stereocenters. The summed E-state index contributed by atoms with van der Waals surface area (Å²) in [4.78, 5) is 28.1. The maximum absolute atomic E-state index is 12.8. The van der Waals surface area contributed by atoms with Crippen LogP contribution in [0.25, 0.3) is 11.3 Å². The van der Waals surface area contributed by atoms with Crippen LogP contribution in [0.5, 0.6) is 0 Å². The average Bonchev–Trinajstić information content (AvgIpc) is 3.41. The van der Waals surface area contributed by atoms with Gasteiger partial charge in [0.05, 0.1) is 17.5 Å². The number of aromatic nitrogens is 5. The Morgan fingerprint density at radius 1 is 1.29 bits per heavy atom. The van der Waals surface area contributed by atoms with Gasteiger partial charge in [0.1, 0.15) is 23.7 Å². The van der Waals surface area contributed by atoms with Gasteiger partial charge >= 0.3 is 0 Å². The number of rotatable bonds is 5. The van der Waals surface area contributed by atoms with Gasteiger partial charge in [-0.1, -0.05) is 6.07 Å². The van der Waals surface area contributed by atoms with E-state index in [1.54, 1.807) is 29.1 Å². The minimum atomic E-state index is -0.729. The normalized spacial score (nSPS) is 22.3. The van der Waals surface area contributed by atoms with Crippen molar-refractivity contribution < 1.29 is 9.90 Å². The number of fused-ring (bicyclic) bond motifs is 1. The van der Waals surface area contributed by atoms with Crippen molar-refractivity contribution in [2.75, 3.05) is 16.8 Å². The maximum Gasteiger partial charge on any atom is 0.275 e. The lowest BCUT2D eigenvalue weighted by atomic mass is 9.61. The fourth-order valence-electron chi connectivity index (χ4n) is 4.64. The second-order valence-electron chi connectivity index (χ2n) is 9.06. The van der Waals surface area contributed by atoms with E-state index in [0.29, 0.717) is 23.2 Å². The van der Waals surface area contributed by atoms with Crippen LogP contribution in [0.4, 0.5) is 11.6 Å². The van der Waals surface area contributed by atoms with Gasteiger partial charge in [0.15, 0.2) is 0 Å². The van der Waals surface area contributed by atoms with Gasteiger partial charge in [-0.2, -0.15) is 5.10 Å². The van der Waals surface area contributed by atoms with E-state index >= 15 is 0 Å². The highest BCUT2D eigenvalue weighted by atomic mass is 16.3. The quantitative estimate of drug-likeness (QED) is 0.653. The molecule has 1 aliphatic carbocycles. The molecule has 3 aliphatic rings. The first-order chi connectivity index (χ1) is 14.7. The number of anilines is 2. The van der Waals surface area contributed by atoms with Crippen molar-refractivity contribution in [3.8, 4) is 11.3 Å². The second-order valence-corrected chi connectivity index (χ2v) is 9.06. The Morgan fingerprint density at radius 3 is 2.77 bits per heavy atom. The summed E-state index contributed by atoms with van der Waals surface area (Å²) in [5, 5.41) is 17.5. The van der Waals surface area contributed by atoms with Crippen LogP contribution >= 0.6 is 0 Å². The number of nitrogens with one attached hydrogen (secondary N) is 1. The molecule has 2 saturated heterocycles. The Bertz CT molecular complexity index is 1140. The van der Waals surface area contributed by atoms with Crippen LogP contribution in [0.3, 0.4) is 0 Å². The summed E-state index contributed by atoms with van der Waals surface area (Å²) in [6.45, 7) is 4.51. The van der Waals surface area contributed by atoms with E-state index < -0.39 is 5.60 Å². The number of hydrogen-bond donors (Lipinski definition) is 2. The number of amides is 1. The summed E-state index contributed by atoms with van der Waals surface area (Å²) < 4.78 is 1.69. The smallest absolute Gasteiger partial charge is 0.275 e. The van der Waals surface area contributed by atoms with Crippen molar-refractivity contribution in [3.05, 3.63) is 48.7 Å². The molecule has 5 heterocycles. The highest BCUT2D eigenvalue weighted by Crippen LogP contribution is 2.58. The van der Waals surface area contributed by atoms with Crippen LogP contribution in [0.1, 0.15) is 37.2 Å². The van der Waals surface area contributed by atoms with Crippen LogP contribution in [0.2, 0.25) is 0 Å². The molecule has 160 valence electrons. The first-order valence-corrected chi connectivity index (χ1v) is 10.3. The molecule has 2 bridgehead atoms. The molecule has 0 radical (unpaired) electrons. The third kappa shape index (κ3) is 3.34. The summed E-state index contributed by atoms with van der Waals surface area (Å²) in [7, 11) is 1.83. The summed E-state index contributed by atoms with van der Waals surface area (Å²) in [6.07, 6.45) is 6.92. The maximum atomic E-state index is 12.8. The number of hydrogen-bond acceptors (Lipinski definition) is 7. The largest absolute Gasteiger partial charge is 0.390 e. The molecule has 1 saturated carbocycles. The average molecular weight is 419 g/mol. The highest BCUT2D eigenvalue weighted by Gasteiger charge is 2.62. The van der Waals surface area contributed by atoms with Crippen LogP contribution in [0.15, 0.2) is 43.0 Å². The minimum absolute atomic E-state index is 0.0946. The molecule has 3 aromatic heterocycles. The van der Waals surface area contributed by atoms with Crippen molar-refractivity contribution in [1.29, 1.82) is 0 Å². The molecule has 0 spiro atoms. The van der Waals surface area contributed by atoms with Crippen LogP contribution in [-0.2, 0) is 7.05 Å². The van der Waals surface area contributed by atoms with Crippen molar-refractivity contribution in [2.24, 2.45) is 12.5 Å². The Balaban J connectivity index is 1.32. The van der Waals surface area contributed by atoms with Crippen molar-refractivity contribution in [3.63, 3.8) is 0 Å². The monoisotopic (exact) mass is 419 g/mol. The molecule has 2 aliphatic heterocycles. The van der Waals surface area contributed by atoms with E-state index in [0.717, 1.165) is 30.8 Å². The third-order valence-corrected chi connectivity index (χ3v) is 6.64. The molecule has 3 fully saturated rings. The lowest BCUT2D eigenvalue weighted by Gasteiger charge is -2.45. The molecule has 9 heteroatoms. The van der Waals surface area contributed by atoms with E-state index in [-0.39, 0.29) is 11.3 Å². The first-order valence-electron chi connectivity index (χ1n) is 10.3. The molecular weight excluding hydrogens is 394 g/mol. The lowest BCUT2D eigenvalue weighted by Crippen LogP contribution is -2.50. The van der Waals surface area contributed by atoms with Gasteiger partial charge in [0.25, 0.3) is 5.91 Å². The number of aliphatic hydroxyl groups is 1. The predicted molar refractivity (Wildman–Crippen MR) is 116 cm³/mol. The zero-order chi connectivity index (χ0) is 21.8. The number of carbonyl (C=O) groups is 1. The SMILES string of the molecule is Cn1cc(-c2cccc(C(=O)Nc3cc(N4CC5(C(C)(C)O)CC4C5)ncn3)n2)cn1.